The molecule has 2 aliphatic heterocycles. The SMILES string of the molecule is CC(c1nnc(-c2cccs2)o1)N1CCN(CC2CCCO2)CC1. The summed E-state index contributed by atoms with van der Waals surface area (Å²) in [6.45, 7) is 8.39. The van der Waals surface area contributed by atoms with E-state index in [-0.39, 0.29) is 6.04 Å². The van der Waals surface area contributed by atoms with E-state index in [9.17, 15) is 0 Å². The van der Waals surface area contributed by atoms with Crippen LogP contribution >= 0.6 is 11.3 Å². The molecule has 0 N–H and O–H groups in total. The van der Waals surface area contributed by atoms with Gasteiger partial charge in [0, 0.05) is 39.3 Å². The highest BCUT2D eigenvalue weighted by molar-refractivity contribution is 7.13. The number of hydrogen-bond donors (Lipinski definition) is 0. The smallest absolute Gasteiger partial charge is 0.257 e. The number of nitrogens with zero attached hydrogens (tertiary/aromatic N) is 4. The molecule has 2 fully saturated rings. The third kappa shape index (κ3) is 3.54. The van der Waals surface area contributed by atoms with Crippen LogP contribution in [0.25, 0.3) is 10.8 Å². The van der Waals surface area contributed by atoms with Crippen LogP contribution in [0.4, 0.5) is 0 Å². The monoisotopic (exact) mass is 348 g/mol. The first-order valence-electron chi connectivity index (χ1n) is 8.75. The Kier molecular flexibility index (Phi) is 4.93. The molecule has 0 aliphatic carbocycles. The average molecular weight is 348 g/mol. The first-order valence-corrected chi connectivity index (χ1v) is 9.63. The fourth-order valence-electron chi connectivity index (χ4n) is 3.47. The van der Waals surface area contributed by atoms with E-state index >= 15 is 0 Å². The lowest BCUT2D eigenvalue weighted by Gasteiger charge is -2.37. The summed E-state index contributed by atoms with van der Waals surface area (Å²) in [5, 5.41) is 10.5. The van der Waals surface area contributed by atoms with Gasteiger partial charge in [-0.1, -0.05) is 6.07 Å². The predicted molar refractivity (Wildman–Crippen MR) is 93.0 cm³/mol. The highest BCUT2D eigenvalue weighted by Crippen LogP contribution is 2.27. The number of hydrogen-bond acceptors (Lipinski definition) is 7. The topological polar surface area (TPSA) is 54.6 Å². The van der Waals surface area contributed by atoms with Gasteiger partial charge in [0.15, 0.2) is 0 Å². The van der Waals surface area contributed by atoms with Crippen LogP contribution in [0.15, 0.2) is 21.9 Å². The average Bonchev–Trinajstić information content (AvgIpc) is 3.36. The molecule has 2 aliphatic rings. The summed E-state index contributed by atoms with van der Waals surface area (Å²) in [6, 6.07) is 4.17. The predicted octanol–water partition coefficient (Wildman–Crippen LogP) is 2.66. The lowest BCUT2D eigenvalue weighted by molar-refractivity contribution is 0.0388. The van der Waals surface area contributed by atoms with Crippen LogP contribution in [0, 0.1) is 0 Å². The summed E-state index contributed by atoms with van der Waals surface area (Å²) in [5.74, 6) is 1.34. The van der Waals surface area contributed by atoms with Crippen molar-refractivity contribution < 1.29 is 9.15 Å². The Balaban J connectivity index is 1.32. The Morgan fingerprint density at radius 2 is 2.17 bits per heavy atom. The number of rotatable bonds is 5. The zero-order valence-corrected chi connectivity index (χ0v) is 14.9. The molecular weight excluding hydrogens is 324 g/mol. The van der Waals surface area contributed by atoms with Crippen molar-refractivity contribution in [3.05, 3.63) is 23.4 Å². The molecule has 2 unspecified atom stereocenters. The number of thiophene rings is 1. The molecule has 0 aromatic carbocycles. The molecule has 0 spiro atoms. The summed E-state index contributed by atoms with van der Waals surface area (Å²) >= 11 is 1.62. The van der Waals surface area contributed by atoms with Gasteiger partial charge in [0.25, 0.3) is 5.89 Å². The summed E-state index contributed by atoms with van der Waals surface area (Å²) in [6.07, 6.45) is 2.87. The lowest BCUT2D eigenvalue weighted by atomic mass is 10.2. The lowest BCUT2D eigenvalue weighted by Crippen LogP contribution is -2.49. The van der Waals surface area contributed by atoms with Gasteiger partial charge in [-0.3, -0.25) is 9.80 Å². The van der Waals surface area contributed by atoms with Gasteiger partial charge in [-0.25, -0.2) is 0 Å². The molecule has 130 valence electrons. The second-order valence-corrected chi connectivity index (χ2v) is 7.52. The normalized spacial score (nSPS) is 24.5. The summed E-state index contributed by atoms with van der Waals surface area (Å²) in [7, 11) is 0. The zero-order chi connectivity index (χ0) is 16.4. The minimum absolute atomic E-state index is 0.163. The van der Waals surface area contributed by atoms with Crippen LogP contribution in [0.1, 0.15) is 31.7 Å². The van der Waals surface area contributed by atoms with E-state index in [1.807, 2.05) is 17.5 Å². The van der Waals surface area contributed by atoms with Gasteiger partial charge >= 0.3 is 0 Å². The minimum atomic E-state index is 0.163. The first-order chi connectivity index (χ1) is 11.8. The third-order valence-corrected chi connectivity index (χ3v) is 5.83. The second-order valence-electron chi connectivity index (χ2n) is 6.57. The van der Waals surface area contributed by atoms with Gasteiger partial charge in [0.2, 0.25) is 5.89 Å². The van der Waals surface area contributed by atoms with Gasteiger partial charge in [-0.15, -0.1) is 21.5 Å². The van der Waals surface area contributed by atoms with Gasteiger partial charge < -0.3 is 9.15 Å². The quantitative estimate of drug-likeness (QED) is 0.828. The summed E-state index contributed by atoms with van der Waals surface area (Å²) in [5.41, 5.74) is 0. The molecule has 4 heterocycles. The Hall–Kier alpha value is -1.28. The maximum absolute atomic E-state index is 5.89. The van der Waals surface area contributed by atoms with Crippen LogP contribution in [0.5, 0.6) is 0 Å². The van der Waals surface area contributed by atoms with Crippen LogP contribution in [-0.4, -0.2) is 65.4 Å². The molecule has 4 rings (SSSR count). The first kappa shape index (κ1) is 16.2. The van der Waals surface area contributed by atoms with E-state index in [0.29, 0.717) is 17.9 Å². The van der Waals surface area contributed by atoms with E-state index < -0.39 is 0 Å². The molecule has 0 saturated carbocycles. The van der Waals surface area contributed by atoms with Crippen molar-refractivity contribution in [2.45, 2.75) is 31.9 Å². The van der Waals surface area contributed by atoms with E-state index in [1.54, 1.807) is 11.3 Å². The van der Waals surface area contributed by atoms with E-state index in [4.69, 9.17) is 9.15 Å². The zero-order valence-electron chi connectivity index (χ0n) is 14.1. The van der Waals surface area contributed by atoms with Crippen molar-refractivity contribution in [2.24, 2.45) is 0 Å². The Morgan fingerprint density at radius 1 is 1.29 bits per heavy atom. The maximum Gasteiger partial charge on any atom is 0.257 e. The highest BCUT2D eigenvalue weighted by atomic mass is 32.1. The summed E-state index contributed by atoms with van der Waals surface area (Å²) < 4.78 is 11.6. The van der Waals surface area contributed by atoms with Crippen LogP contribution < -0.4 is 0 Å². The molecule has 7 heteroatoms. The molecule has 0 amide bonds. The van der Waals surface area contributed by atoms with Crippen molar-refractivity contribution in [3.63, 3.8) is 0 Å². The minimum Gasteiger partial charge on any atom is -0.418 e. The van der Waals surface area contributed by atoms with Crippen molar-refractivity contribution in [3.8, 4) is 10.8 Å². The number of ether oxygens (including phenoxy) is 1. The highest BCUT2D eigenvalue weighted by Gasteiger charge is 2.27. The fraction of sp³-hybridized carbons (Fsp3) is 0.647. The van der Waals surface area contributed by atoms with Gasteiger partial charge in [0.1, 0.15) is 0 Å². The standard InChI is InChI=1S/C17H24N4O2S/c1-13(16-18-19-17(23-16)15-5-3-11-24-15)21-8-6-20(7-9-21)12-14-4-2-10-22-14/h3,5,11,13-14H,2,4,6-10,12H2,1H3. The summed E-state index contributed by atoms with van der Waals surface area (Å²) in [4.78, 5) is 5.98. The van der Waals surface area contributed by atoms with Gasteiger partial charge in [0.05, 0.1) is 17.0 Å². The van der Waals surface area contributed by atoms with Crippen molar-refractivity contribution in [2.75, 3.05) is 39.3 Å². The Labute approximate surface area is 146 Å². The molecule has 2 aromatic rings. The second kappa shape index (κ2) is 7.31. The van der Waals surface area contributed by atoms with Crippen LogP contribution in [-0.2, 0) is 4.74 Å². The molecule has 0 radical (unpaired) electrons. The number of piperazine rings is 1. The van der Waals surface area contributed by atoms with Crippen LogP contribution in [0.2, 0.25) is 0 Å². The van der Waals surface area contributed by atoms with Crippen molar-refractivity contribution in [1.29, 1.82) is 0 Å². The molecule has 2 atom stereocenters. The molecule has 2 saturated heterocycles. The largest absolute Gasteiger partial charge is 0.418 e. The van der Waals surface area contributed by atoms with E-state index in [2.05, 4.69) is 26.9 Å². The van der Waals surface area contributed by atoms with Gasteiger partial charge in [-0.05, 0) is 31.2 Å². The van der Waals surface area contributed by atoms with Crippen molar-refractivity contribution in [1.82, 2.24) is 20.0 Å². The molecular formula is C17H24N4O2S. The molecule has 6 nitrogen and oxygen atoms in total. The Bertz CT molecular complexity index is 631. The van der Waals surface area contributed by atoms with E-state index in [0.717, 1.165) is 44.2 Å². The number of aromatic nitrogens is 2. The third-order valence-electron chi connectivity index (χ3n) is 4.97. The van der Waals surface area contributed by atoms with Crippen molar-refractivity contribution >= 4 is 11.3 Å². The maximum atomic E-state index is 5.89. The molecule has 24 heavy (non-hydrogen) atoms. The fourth-order valence-corrected chi connectivity index (χ4v) is 4.11. The van der Waals surface area contributed by atoms with Crippen LogP contribution in [0.3, 0.4) is 0 Å². The molecule has 0 bridgehead atoms. The Morgan fingerprint density at radius 3 is 2.88 bits per heavy atom. The molecule has 2 aromatic heterocycles. The van der Waals surface area contributed by atoms with Gasteiger partial charge in [-0.2, -0.15) is 0 Å². The van der Waals surface area contributed by atoms with E-state index in [1.165, 1.54) is 12.8 Å².